The van der Waals surface area contributed by atoms with Crippen LogP contribution in [0.3, 0.4) is 0 Å². The van der Waals surface area contributed by atoms with Gasteiger partial charge < -0.3 is 15.0 Å². The van der Waals surface area contributed by atoms with Crippen LogP contribution >= 0.6 is 0 Å². The molecule has 0 heterocycles. The Morgan fingerprint density at radius 2 is 1.76 bits per heavy atom. The second-order valence-electron chi connectivity index (χ2n) is 7.28. The normalized spacial score (nSPS) is 11.8. The molecule has 5 nitrogen and oxygen atoms in total. The van der Waals surface area contributed by atoms with E-state index in [-0.39, 0.29) is 30.3 Å². The Morgan fingerprint density at radius 3 is 2.34 bits per heavy atom. The van der Waals surface area contributed by atoms with E-state index in [2.05, 4.69) is 5.32 Å². The fourth-order valence-electron chi connectivity index (χ4n) is 3.03. The molecule has 29 heavy (non-hydrogen) atoms. The summed E-state index contributed by atoms with van der Waals surface area (Å²) in [6, 6.07) is 12.6. The zero-order valence-electron chi connectivity index (χ0n) is 17.4. The molecule has 1 N–H and O–H groups in total. The highest BCUT2D eigenvalue weighted by Crippen LogP contribution is 2.17. The molecule has 2 aromatic carbocycles. The van der Waals surface area contributed by atoms with Gasteiger partial charge in [0.25, 0.3) is 5.91 Å². The topological polar surface area (TPSA) is 58.6 Å². The summed E-state index contributed by atoms with van der Waals surface area (Å²) < 4.78 is 18.6. The predicted octanol–water partition coefficient (Wildman–Crippen LogP) is 3.84. The quantitative estimate of drug-likeness (QED) is 0.696. The molecule has 0 aromatic heterocycles. The summed E-state index contributed by atoms with van der Waals surface area (Å²) >= 11 is 0. The van der Waals surface area contributed by atoms with Gasteiger partial charge in [-0.1, -0.05) is 31.2 Å². The van der Waals surface area contributed by atoms with Gasteiger partial charge in [-0.3, -0.25) is 9.59 Å². The fourth-order valence-corrected chi connectivity index (χ4v) is 3.03. The number of amides is 2. The second kappa shape index (κ2) is 10.6. The van der Waals surface area contributed by atoms with Crippen molar-refractivity contribution < 1.29 is 18.7 Å². The molecular weight excluding hydrogens is 371 g/mol. The van der Waals surface area contributed by atoms with E-state index < -0.39 is 6.04 Å². The van der Waals surface area contributed by atoms with Gasteiger partial charge in [0.1, 0.15) is 17.6 Å². The van der Waals surface area contributed by atoms with Crippen LogP contribution in [0.1, 0.15) is 38.3 Å². The monoisotopic (exact) mass is 400 g/mol. The molecule has 0 aliphatic heterocycles. The van der Waals surface area contributed by atoms with Crippen LogP contribution in [0.2, 0.25) is 0 Å². The van der Waals surface area contributed by atoms with Crippen molar-refractivity contribution in [3.05, 3.63) is 65.5 Å². The van der Waals surface area contributed by atoms with Crippen molar-refractivity contribution in [2.45, 2.75) is 52.7 Å². The lowest BCUT2D eigenvalue weighted by Crippen LogP contribution is -2.51. The minimum atomic E-state index is -0.610. The van der Waals surface area contributed by atoms with E-state index in [0.717, 1.165) is 11.1 Å². The number of nitrogens with one attached hydrogen (secondary N) is 1. The molecule has 0 fully saturated rings. The van der Waals surface area contributed by atoms with Crippen molar-refractivity contribution in [2.24, 2.45) is 0 Å². The zero-order chi connectivity index (χ0) is 21.4. The molecule has 6 heteroatoms. The molecule has 0 aliphatic rings. The van der Waals surface area contributed by atoms with Crippen LogP contribution in [0.15, 0.2) is 48.5 Å². The van der Waals surface area contributed by atoms with Crippen molar-refractivity contribution in [1.82, 2.24) is 10.2 Å². The van der Waals surface area contributed by atoms with E-state index in [9.17, 15) is 14.0 Å². The SMILES string of the molecule is CCC(C(=O)NC(C)C)N(Cc1ccccc1C)C(=O)COc1ccc(F)cc1. The minimum absolute atomic E-state index is 0.0255. The van der Waals surface area contributed by atoms with Gasteiger partial charge in [-0.15, -0.1) is 0 Å². The lowest BCUT2D eigenvalue weighted by Gasteiger charge is -2.31. The highest BCUT2D eigenvalue weighted by atomic mass is 19.1. The molecule has 0 saturated carbocycles. The number of hydrogen-bond acceptors (Lipinski definition) is 3. The van der Waals surface area contributed by atoms with E-state index in [1.807, 2.05) is 52.0 Å². The lowest BCUT2D eigenvalue weighted by atomic mass is 10.1. The van der Waals surface area contributed by atoms with Gasteiger partial charge in [-0.2, -0.15) is 0 Å². The van der Waals surface area contributed by atoms with Crippen molar-refractivity contribution in [3.63, 3.8) is 0 Å². The van der Waals surface area contributed by atoms with Crippen LogP contribution in [-0.4, -0.2) is 35.4 Å². The molecule has 0 radical (unpaired) electrons. The van der Waals surface area contributed by atoms with Crippen LogP contribution < -0.4 is 10.1 Å². The number of hydrogen-bond donors (Lipinski definition) is 1. The smallest absolute Gasteiger partial charge is 0.261 e. The third kappa shape index (κ3) is 6.59. The number of ether oxygens (including phenoxy) is 1. The maximum atomic E-state index is 13.1. The number of benzene rings is 2. The van der Waals surface area contributed by atoms with E-state index >= 15 is 0 Å². The Hall–Kier alpha value is -2.89. The van der Waals surface area contributed by atoms with Gasteiger partial charge in [-0.25, -0.2) is 4.39 Å². The molecule has 0 saturated heterocycles. The fraction of sp³-hybridized carbons (Fsp3) is 0.391. The summed E-state index contributed by atoms with van der Waals surface area (Å²) in [7, 11) is 0. The average molecular weight is 400 g/mol. The van der Waals surface area contributed by atoms with Crippen LogP contribution in [0.4, 0.5) is 4.39 Å². The van der Waals surface area contributed by atoms with Crippen molar-refractivity contribution >= 4 is 11.8 Å². The molecule has 0 aliphatic carbocycles. The van der Waals surface area contributed by atoms with Crippen molar-refractivity contribution in [2.75, 3.05) is 6.61 Å². The summed E-state index contributed by atoms with van der Waals surface area (Å²) in [5.74, 6) is -0.467. The van der Waals surface area contributed by atoms with Gasteiger partial charge >= 0.3 is 0 Å². The Bertz CT molecular complexity index is 821. The van der Waals surface area contributed by atoms with Crippen LogP contribution in [0.5, 0.6) is 5.75 Å². The van der Waals surface area contributed by atoms with Gasteiger partial charge in [0.05, 0.1) is 0 Å². The largest absolute Gasteiger partial charge is 0.484 e. The third-order valence-electron chi connectivity index (χ3n) is 4.59. The van der Waals surface area contributed by atoms with Gasteiger partial charge in [0, 0.05) is 12.6 Å². The first-order chi connectivity index (χ1) is 13.8. The highest BCUT2D eigenvalue weighted by molar-refractivity contribution is 5.88. The molecule has 0 bridgehead atoms. The van der Waals surface area contributed by atoms with Crippen LogP contribution in [-0.2, 0) is 16.1 Å². The summed E-state index contributed by atoms with van der Waals surface area (Å²) in [6.45, 7) is 7.70. The Morgan fingerprint density at radius 1 is 1.10 bits per heavy atom. The first kappa shape index (κ1) is 22.4. The van der Waals surface area contributed by atoms with E-state index in [4.69, 9.17) is 4.74 Å². The summed E-state index contributed by atoms with van der Waals surface area (Å²) in [6.07, 6.45) is 0.479. The second-order valence-corrected chi connectivity index (χ2v) is 7.28. The van der Waals surface area contributed by atoms with Gasteiger partial charge in [0.2, 0.25) is 5.91 Å². The standard InChI is InChI=1S/C23H29FN2O3/c1-5-21(23(28)25-16(2)3)26(14-18-9-7-6-8-17(18)4)22(27)15-29-20-12-10-19(24)11-13-20/h6-13,16,21H,5,14-15H2,1-4H3,(H,25,28). The Labute approximate surface area is 171 Å². The maximum Gasteiger partial charge on any atom is 0.261 e. The van der Waals surface area contributed by atoms with E-state index in [1.54, 1.807) is 4.90 Å². The van der Waals surface area contributed by atoms with Crippen molar-refractivity contribution in [1.29, 1.82) is 0 Å². The molecule has 2 rings (SSSR count). The lowest BCUT2D eigenvalue weighted by molar-refractivity contribution is -0.143. The number of nitrogens with zero attached hydrogens (tertiary/aromatic N) is 1. The number of rotatable bonds is 9. The molecule has 156 valence electrons. The third-order valence-corrected chi connectivity index (χ3v) is 4.59. The molecular formula is C23H29FN2O3. The first-order valence-electron chi connectivity index (χ1n) is 9.84. The minimum Gasteiger partial charge on any atom is -0.484 e. The maximum absolute atomic E-state index is 13.1. The number of halogens is 1. The molecule has 0 spiro atoms. The summed E-state index contributed by atoms with van der Waals surface area (Å²) in [4.78, 5) is 27.3. The highest BCUT2D eigenvalue weighted by Gasteiger charge is 2.29. The van der Waals surface area contributed by atoms with Gasteiger partial charge in [-0.05, 0) is 62.6 Å². The van der Waals surface area contributed by atoms with Gasteiger partial charge in [0.15, 0.2) is 6.61 Å². The molecule has 2 aromatic rings. The number of carbonyl (C=O) groups excluding carboxylic acids is 2. The van der Waals surface area contributed by atoms with E-state index in [0.29, 0.717) is 18.7 Å². The zero-order valence-corrected chi connectivity index (χ0v) is 17.4. The number of aryl methyl sites for hydroxylation is 1. The molecule has 2 amide bonds. The Kier molecular flexibility index (Phi) is 8.19. The Balaban J connectivity index is 2.21. The first-order valence-corrected chi connectivity index (χ1v) is 9.84. The van der Waals surface area contributed by atoms with Crippen LogP contribution in [0.25, 0.3) is 0 Å². The summed E-state index contributed by atoms with van der Waals surface area (Å²) in [5, 5.41) is 2.89. The number of carbonyl (C=O) groups is 2. The molecule has 1 atom stereocenters. The van der Waals surface area contributed by atoms with E-state index in [1.165, 1.54) is 24.3 Å². The van der Waals surface area contributed by atoms with Crippen LogP contribution in [0, 0.1) is 12.7 Å². The van der Waals surface area contributed by atoms with Crippen molar-refractivity contribution in [3.8, 4) is 5.75 Å². The molecule has 1 unspecified atom stereocenters. The average Bonchev–Trinajstić information content (AvgIpc) is 2.68. The summed E-state index contributed by atoms with van der Waals surface area (Å²) in [5.41, 5.74) is 2.02. The predicted molar refractivity (Wildman–Crippen MR) is 111 cm³/mol.